The molecule has 1 aromatic heterocycles. The molecule has 0 amide bonds. The van der Waals surface area contributed by atoms with Gasteiger partial charge in [-0.15, -0.1) is 0 Å². The molecule has 2 heterocycles. The van der Waals surface area contributed by atoms with Crippen molar-refractivity contribution in [1.82, 2.24) is 9.97 Å². The molecule has 1 aliphatic rings. The van der Waals surface area contributed by atoms with E-state index in [1.165, 1.54) is 6.33 Å². The highest BCUT2D eigenvalue weighted by molar-refractivity contribution is 5.68. The number of nitrogens with two attached hydrogens (primary N) is 1. The fourth-order valence-electron chi connectivity index (χ4n) is 2.99. The summed E-state index contributed by atoms with van der Waals surface area (Å²) in [4.78, 5) is 18.9. The molecule has 0 aliphatic carbocycles. The lowest BCUT2D eigenvalue weighted by Crippen LogP contribution is -2.42. The Morgan fingerprint density at radius 1 is 1.29 bits per heavy atom. The van der Waals surface area contributed by atoms with Crippen molar-refractivity contribution in [3.8, 4) is 23.5 Å². The predicted octanol–water partition coefficient (Wildman–Crippen LogP) is 3.20. The second-order valence-corrected chi connectivity index (χ2v) is 7.92. The fraction of sp³-hybridized carbons (Fsp3) is 0.381. The lowest BCUT2D eigenvalue weighted by atomic mass is 9.89. The zero-order valence-electron chi connectivity index (χ0n) is 16.3. The van der Waals surface area contributed by atoms with Crippen LogP contribution < -0.4 is 15.2 Å². The van der Waals surface area contributed by atoms with Gasteiger partial charge in [-0.05, 0) is 45.4 Å². The van der Waals surface area contributed by atoms with Crippen molar-refractivity contribution in [2.75, 3.05) is 5.73 Å². The summed E-state index contributed by atoms with van der Waals surface area (Å²) in [6.45, 7) is 7.45. The molecule has 7 heteroatoms. The third-order valence-corrected chi connectivity index (χ3v) is 4.38. The van der Waals surface area contributed by atoms with E-state index >= 15 is 0 Å². The van der Waals surface area contributed by atoms with Crippen molar-refractivity contribution in [2.45, 2.75) is 45.8 Å². The lowest BCUT2D eigenvalue weighted by Gasteiger charge is -2.39. The fourth-order valence-corrected chi connectivity index (χ4v) is 2.99. The molecular weight excluding hydrogens is 358 g/mol. The van der Waals surface area contributed by atoms with Crippen LogP contribution in [0.25, 0.3) is 0 Å². The quantitative estimate of drug-likeness (QED) is 0.786. The van der Waals surface area contributed by atoms with E-state index in [-0.39, 0.29) is 12.2 Å². The Hall–Kier alpha value is -3.27. The minimum atomic E-state index is -0.866. The summed E-state index contributed by atoms with van der Waals surface area (Å²) < 4.78 is 12.1. The van der Waals surface area contributed by atoms with E-state index in [2.05, 4.69) is 21.8 Å². The number of carboxylic acid groups (broad SMARTS) is 1. The standard InChI is InChI=1S/C21H23N3O4/c1-20(2,11-15(25)26)10-9-13-5-7-14(8-6-13)17-21(3,4)28-19-16(27-17)18(22)23-12-24-19/h5-8,12,17H,11H2,1-4H3,(H,25,26)(H2,22,23,24)/t17-/m0/s1. The van der Waals surface area contributed by atoms with Crippen LogP contribution >= 0.6 is 0 Å². The number of ether oxygens (including phenoxy) is 2. The molecule has 28 heavy (non-hydrogen) atoms. The number of aliphatic carboxylic acids is 1. The van der Waals surface area contributed by atoms with Gasteiger partial charge in [-0.2, -0.15) is 4.98 Å². The average molecular weight is 381 g/mol. The number of rotatable bonds is 3. The first-order valence-corrected chi connectivity index (χ1v) is 8.88. The van der Waals surface area contributed by atoms with Crippen LogP contribution in [0.2, 0.25) is 0 Å². The zero-order chi connectivity index (χ0) is 20.5. The summed E-state index contributed by atoms with van der Waals surface area (Å²) in [6, 6.07) is 7.57. The van der Waals surface area contributed by atoms with Gasteiger partial charge >= 0.3 is 5.97 Å². The molecule has 0 spiro atoms. The van der Waals surface area contributed by atoms with E-state index in [0.717, 1.165) is 11.1 Å². The van der Waals surface area contributed by atoms with Crippen molar-refractivity contribution < 1.29 is 19.4 Å². The van der Waals surface area contributed by atoms with Gasteiger partial charge in [0.15, 0.2) is 11.9 Å². The Morgan fingerprint density at radius 2 is 1.96 bits per heavy atom. The molecule has 0 radical (unpaired) electrons. The summed E-state index contributed by atoms with van der Waals surface area (Å²) in [5, 5.41) is 8.95. The van der Waals surface area contributed by atoms with Gasteiger partial charge in [-0.1, -0.05) is 24.0 Å². The molecule has 3 N–H and O–H groups in total. The van der Waals surface area contributed by atoms with Gasteiger partial charge < -0.3 is 20.3 Å². The zero-order valence-corrected chi connectivity index (χ0v) is 16.3. The van der Waals surface area contributed by atoms with Crippen LogP contribution in [0.3, 0.4) is 0 Å². The molecule has 7 nitrogen and oxygen atoms in total. The van der Waals surface area contributed by atoms with Crippen LogP contribution in [0, 0.1) is 17.3 Å². The highest BCUT2D eigenvalue weighted by Gasteiger charge is 2.41. The van der Waals surface area contributed by atoms with Crippen LogP contribution in [0.5, 0.6) is 11.6 Å². The molecule has 0 saturated carbocycles. The van der Waals surface area contributed by atoms with Crippen molar-refractivity contribution in [1.29, 1.82) is 0 Å². The molecule has 1 aliphatic heterocycles. The van der Waals surface area contributed by atoms with Crippen molar-refractivity contribution in [2.24, 2.45) is 5.41 Å². The third kappa shape index (κ3) is 4.17. The van der Waals surface area contributed by atoms with Crippen molar-refractivity contribution >= 4 is 11.8 Å². The Labute approximate surface area is 163 Å². The van der Waals surface area contributed by atoms with Crippen LogP contribution in [0.15, 0.2) is 30.6 Å². The second kappa shape index (κ2) is 7.04. The predicted molar refractivity (Wildman–Crippen MR) is 104 cm³/mol. The maximum absolute atomic E-state index is 10.9. The minimum absolute atomic E-state index is 0.0115. The number of carboxylic acids is 1. The molecule has 0 saturated heterocycles. The van der Waals surface area contributed by atoms with Gasteiger partial charge in [-0.3, -0.25) is 4.79 Å². The van der Waals surface area contributed by atoms with E-state index < -0.39 is 23.1 Å². The van der Waals surface area contributed by atoms with Gasteiger partial charge in [0, 0.05) is 11.0 Å². The van der Waals surface area contributed by atoms with Gasteiger partial charge in [0.05, 0.1) is 6.42 Å². The molecular formula is C21H23N3O4. The number of anilines is 1. The number of nitrogen functional groups attached to an aromatic ring is 1. The largest absolute Gasteiger partial charge is 0.481 e. The van der Waals surface area contributed by atoms with E-state index in [1.54, 1.807) is 0 Å². The number of hydrogen-bond acceptors (Lipinski definition) is 6. The second-order valence-electron chi connectivity index (χ2n) is 7.92. The van der Waals surface area contributed by atoms with Crippen LogP contribution in [0.1, 0.15) is 51.3 Å². The molecule has 0 bridgehead atoms. The molecule has 1 aromatic carbocycles. The van der Waals surface area contributed by atoms with Gasteiger partial charge in [0.2, 0.25) is 5.75 Å². The molecule has 0 unspecified atom stereocenters. The molecule has 146 valence electrons. The van der Waals surface area contributed by atoms with Gasteiger partial charge in [-0.25, -0.2) is 4.98 Å². The van der Waals surface area contributed by atoms with Gasteiger partial charge in [0.1, 0.15) is 11.9 Å². The summed E-state index contributed by atoms with van der Waals surface area (Å²) in [7, 11) is 0. The average Bonchev–Trinajstić information content (AvgIpc) is 2.58. The number of hydrogen-bond donors (Lipinski definition) is 2. The third-order valence-electron chi connectivity index (χ3n) is 4.38. The summed E-state index contributed by atoms with van der Waals surface area (Å²) in [5.74, 6) is 6.10. The highest BCUT2D eigenvalue weighted by Crippen LogP contribution is 2.45. The topological polar surface area (TPSA) is 108 Å². The molecule has 2 aromatic rings. The Bertz CT molecular complexity index is 956. The SMILES string of the molecule is CC(C)(C#Cc1ccc([C@@H]2Oc3c(N)ncnc3OC2(C)C)cc1)CC(=O)O. The molecule has 1 atom stereocenters. The van der Waals surface area contributed by atoms with Crippen molar-refractivity contribution in [3.63, 3.8) is 0 Å². The summed E-state index contributed by atoms with van der Waals surface area (Å²) in [5.41, 5.74) is 6.32. The molecule has 0 fully saturated rings. The van der Waals surface area contributed by atoms with Crippen molar-refractivity contribution in [3.05, 3.63) is 41.7 Å². The van der Waals surface area contributed by atoms with Gasteiger partial charge in [0.25, 0.3) is 5.88 Å². The first kappa shape index (κ1) is 19.5. The van der Waals surface area contributed by atoms with E-state index in [1.807, 2.05) is 52.0 Å². The Kier molecular flexibility index (Phi) is 4.90. The first-order valence-electron chi connectivity index (χ1n) is 8.88. The highest BCUT2D eigenvalue weighted by atomic mass is 16.6. The van der Waals surface area contributed by atoms with E-state index in [0.29, 0.717) is 11.6 Å². The Morgan fingerprint density at radius 3 is 2.61 bits per heavy atom. The minimum Gasteiger partial charge on any atom is -0.481 e. The van der Waals surface area contributed by atoms with E-state index in [4.69, 9.17) is 20.3 Å². The summed E-state index contributed by atoms with van der Waals surface area (Å²) >= 11 is 0. The Balaban J connectivity index is 1.84. The molecule has 3 rings (SSSR count). The number of carbonyl (C=O) groups is 1. The first-order chi connectivity index (χ1) is 13.1. The van der Waals surface area contributed by atoms with E-state index in [9.17, 15) is 4.79 Å². The maximum Gasteiger partial charge on any atom is 0.304 e. The maximum atomic E-state index is 10.9. The lowest BCUT2D eigenvalue weighted by molar-refractivity contribution is -0.138. The smallest absolute Gasteiger partial charge is 0.304 e. The number of nitrogens with zero attached hydrogens (tertiary/aromatic N) is 2. The normalized spacial score (nSPS) is 17.4. The number of fused-ring (bicyclic) bond motifs is 1. The summed E-state index contributed by atoms with van der Waals surface area (Å²) in [6.07, 6.45) is 0.925. The monoisotopic (exact) mass is 381 g/mol. The number of benzene rings is 1. The van der Waals surface area contributed by atoms with Crippen LogP contribution in [0.4, 0.5) is 5.82 Å². The number of aromatic nitrogens is 2. The van der Waals surface area contributed by atoms with Crippen LogP contribution in [-0.2, 0) is 4.79 Å². The van der Waals surface area contributed by atoms with Crippen LogP contribution in [-0.4, -0.2) is 26.6 Å².